The average molecular weight is 282 g/mol. The molecule has 20 heavy (non-hydrogen) atoms. The Morgan fingerprint density at radius 3 is 2.90 bits per heavy atom. The highest BCUT2D eigenvalue weighted by Crippen LogP contribution is 2.18. The molecule has 6 heteroatoms. The maximum atomic E-state index is 13.4. The normalized spacial score (nSPS) is 18.4. The van der Waals surface area contributed by atoms with Crippen LogP contribution in [0.1, 0.15) is 25.3 Å². The molecule has 1 aromatic rings. The van der Waals surface area contributed by atoms with Crippen molar-refractivity contribution < 1.29 is 18.4 Å². The van der Waals surface area contributed by atoms with Gasteiger partial charge in [0.05, 0.1) is 0 Å². The van der Waals surface area contributed by atoms with E-state index in [0.29, 0.717) is 19.4 Å². The summed E-state index contributed by atoms with van der Waals surface area (Å²) < 4.78 is 26.5. The first-order valence-corrected chi connectivity index (χ1v) is 6.54. The molecule has 0 aliphatic carbocycles. The van der Waals surface area contributed by atoms with Gasteiger partial charge in [0.25, 0.3) is 0 Å². The minimum absolute atomic E-state index is 0.0513. The van der Waals surface area contributed by atoms with E-state index in [-0.39, 0.29) is 23.9 Å². The van der Waals surface area contributed by atoms with Crippen molar-refractivity contribution in [1.82, 2.24) is 10.2 Å². The van der Waals surface area contributed by atoms with E-state index in [2.05, 4.69) is 5.32 Å². The Bertz CT molecular complexity index is 534. The van der Waals surface area contributed by atoms with Gasteiger partial charge in [-0.3, -0.25) is 9.59 Å². The molecule has 1 atom stereocenters. The van der Waals surface area contributed by atoms with Gasteiger partial charge in [-0.15, -0.1) is 0 Å². The van der Waals surface area contributed by atoms with E-state index in [1.54, 1.807) is 6.92 Å². The van der Waals surface area contributed by atoms with Crippen molar-refractivity contribution >= 4 is 11.8 Å². The fourth-order valence-electron chi connectivity index (χ4n) is 2.39. The van der Waals surface area contributed by atoms with Crippen molar-refractivity contribution in [2.45, 2.75) is 32.4 Å². The van der Waals surface area contributed by atoms with E-state index in [0.717, 1.165) is 6.07 Å². The van der Waals surface area contributed by atoms with E-state index in [1.807, 2.05) is 0 Å². The van der Waals surface area contributed by atoms with Crippen LogP contribution >= 0.6 is 0 Å². The molecule has 0 radical (unpaired) electrons. The molecule has 0 bridgehead atoms. The Hall–Kier alpha value is -1.98. The third-order valence-electron chi connectivity index (χ3n) is 3.46. The second-order valence-corrected chi connectivity index (χ2v) is 4.66. The standard InChI is InChI=1S/C14H16F2N2O2/c1-2-18-11(6-7-12(18)19)14(20)17-8-9-4-3-5-10(15)13(9)16/h3-5,11H,2,6-8H2,1H3,(H,17,20). The molecular weight excluding hydrogens is 266 g/mol. The molecule has 0 saturated carbocycles. The lowest BCUT2D eigenvalue weighted by atomic mass is 10.1. The third-order valence-corrected chi connectivity index (χ3v) is 3.46. The van der Waals surface area contributed by atoms with Gasteiger partial charge in [0.15, 0.2) is 11.6 Å². The topological polar surface area (TPSA) is 49.4 Å². The molecule has 1 aliphatic rings. The van der Waals surface area contributed by atoms with Crippen LogP contribution in [0.25, 0.3) is 0 Å². The molecule has 0 spiro atoms. The summed E-state index contributed by atoms with van der Waals surface area (Å²) >= 11 is 0. The molecule has 1 aromatic carbocycles. The van der Waals surface area contributed by atoms with Gasteiger partial charge < -0.3 is 10.2 Å². The number of hydrogen-bond acceptors (Lipinski definition) is 2. The summed E-state index contributed by atoms with van der Waals surface area (Å²) in [7, 11) is 0. The highest BCUT2D eigenvalue weighted by Gasteiger charge is 2.34. The van der Waals surface area contributed by atoms with Crippen LogP contribution in [-0.2, 0) is 16.1 Å². The Labute approximate surface area is 115 Å². The number of hydrogen-bond donors (Lipinski definition) is 1. The summed E-state index contributed by atoms with van der Waals surface area (Å²) in [5, 5.41) is 2.55. The molecule has 1 aliphatic heterocycles. The summed E-state index contributed by atoms with van der Waals surface area (Å²) in [6.45, 7) is 2.17. The van der Waals surface area contributed by atoms with Crippen LogP contribution in [0.5, 0.6) is 0 Å². The Kier molecular flexibility index (Phi) is 4.32. The lowest BCUT2D eigenvalue weighted by Crippen LogP contribution is -2.44. The summed E-state index contributed by atoms with van der Waals surface area (Å²) in [6.07, 6.45) is 0.810. The monoisotopic (exact) mass is 282 g/mol. The second kappa shape index (κ2) is 5.98. The molecule has 108 valence electrons. The molecule has 2 amide bonds. The van der Waals surface area contributed by atoms with Crippen LogP contribution in [0.2, 0.25) is 0 Å². The fourth-order valence-corrected chi connectivity index (χ4v) is 2.39. The van der Waals surface area contributed by atoms with Gasteiger partial charge >= 0.3 is 0 Å². The number of nitrogens with zero attached hydrogens (tertiary/aromatic N) is 1. The molecule has 2 rings (SSSR count). The van der Waals surface area contributed by atoms with E-state index < -0.39 is 17.7 Å². The fraction of sp³-hybridized carbons (Fsp3) is 0.429. The summed E-state index contributed by atoms with van der Waals surface area (Å²) in [6, 6.07) is 3.31. The number of rotatable bonds is 4. The first-order chi connectivity index (χ1) is 9.54. The van der Waals surface area contributed by atoms with Gasteiger partial charge in [-0.2, -0.15) is 0 Å². The van der Waals surface area contributed by atoms with Crippen LogP contribution in [0.4, 0.5) is 8.78 Å². The number of carbonyl (C=O) groups is 2. The van der Waals surface area contributed by atoms with Gasteiger partial charge in [0, 0.05) is 25.1 Å². The van der Waals surface area contributed by atoms with Crippen LogP contribution in [0.15, 0.2) is 18.2 Å². The minimum Gasteiger partial charge on any atom is -0.350 e. The molecule has 0 aromatic heterocycles. The number of likely N-dealkylation sites (tertiary alicyclic amines) is 1. The Balaban J connectivity index is 1.99. The van der Waals surface area contributed by atoms with Crippen molar-refractivity contribution in [3.8, 4) is 0 Å². The van der Waals surface area contributed by atoms with Gasteiger partial charge in [-0.05, 0) is 19.4 Å². The molecule has 1 unspecified atom stereocenters. The van der Waals surface area contributed by atoms with Crippen LogP contribution in [0.3, 0.4) is 0 Å². The maximum Gasteiger partial charge on any atom is 0.243 e. The second-order valence-electron chi connectivity index (χ2n) is 4.66. The first kappa shape index (κ1) is 14.4. The molecular formula is C14H16F2N2O2. The Morgan fingerprint density at radius 2 is 2.20 bits per heavy atom. The lowest BCUT2D eigenvalue weighted by molar-refractivity contribution is -0.135. The highest BCUT2D eigenvalue weighted by molar-refractivity contribution is 5.90. The molecule has 1 N–H and O–H groups in total. The SMILES string of the molecule is CCN1C(=O)CCC1C(=O)NCc1cccc(F)c1F. The van der Waals surface area contributed by atoms with E-state index in [4.69, 9.17) is 0 Å². The maximum absolute atomic E-state index is 13.4. The number of amides is 2. The van der Waals surface area contributed by atoms with E-state index >= 15 is 0 Å². The van der Waals surface area contributed by atoms with E-state index in [9.17, 15) is 18.4 Å². The molecule has 1 saturated heterocycles. The molecule has 4 nitrogen and oxygen atoms in total. The summed E-state index contributed by atoms with van der Waals surface area (Å²) in [5.74, 6) is -2.28. The molecule has 1 heterocycles. The number of nitrogens with one attached hydrogen (secondary N) is 1. The third kappa shape index (κ3) is 2.79. The predicted molar refractivity (Wildman–Crippen MR) is 68.6 cm³/mol. The van der Waals surface area contributed by atoms with Crippen molar-refractivity contribution in [2.75, 3.05) is 6.54 Å². The zero-order valence-electron chi connectivity index (χ0n) is 11.2. The van der Waals surface area contributed by atoms with Gasteiger partial charge in [0.1, 0.15) is 6.04 Å². The van der Waals surface area contributed by atoms with Crippen LogP contribution in [0, 0.1) is 11.6 Å². The van der Waals surface area contributed by atoms with Crippen LogP contribution < -0.4 is 5.32 Å². The van der Waals surface area contributed by atoms with Gasteiger partial charge in [-0.1, -0.05) is 12.1 Å². The highest BCUT2D eigenvalue weighted by atomic mass is 19.2. The Morgan fingerprint density at radius 1 is 1.45 bits per heavy atom. The van der Waals surface area contributed by atoms with Crippen molar-refractivity contribution in [2.24, 2.45) is 0 Å². The number of carbonyl (C=O) groups excluding carboxylic acids is 2. The number of halogens is 2. The number of likely N-dealkylation sites (N-methyl/N-ethyl adjacent to an activating group) is 1. The molecule has 1 fully saturated rings. The zero-order valence-corrected chi connectivity index (χ0v) is 11.2. The van der Waals surface area contributed by atoms with Crippen molar-refractivity contribution in [3.63, 3.8) is 0 Å². The largest absolute Gasteiger partial charge is 0.350 e. The van der Waals surface area contributed by atoms with Gasteiger partial charge in [-0.25, -0.2) is 8.78 Å². The van der Waals surface area contributed by atoms with E-state index in [1.165, 1.54) is 17.0 Å². The zero-order chi connectivity index (χ0) is 14.7. The van der Waals surface area contributed by atoms with Crippen LogP contribution in [-0.4, -0.2) is 29.3 Å². The minimum atomic E-state index is -0.956. The van der Waals surface area contributed by atoms with Crippen molar-refractivity contribution in [1.29, 1.82) is 0 Å². The summed E-state index contributed by atoms with van der Waals surface area (Å²) in [5.41, 5.74) is 0.0886. The lowest BCUT2D eigenvalue weighted by Gasteiger charge is -2.22. The quantitative estimate of drug-likeness (QED) is 0.911. The predicted octanol–water partition coefficient (Wildman–Crippen LogP) is 1.59. The number of benzene rings is 1. The average Bonchev–Trinajstić information content (AvgIpc) is 2.81. The first-order valence-electron chi connectivity index (χ1n) is 6.54. The smallest absolute Gasteiger partial charge is 0.243 e. The van der Waals surface area contributed by atoms with Gasteiger partial charge in [0.2, 0.25) is 11.8 Å². The van der Waals surface area contributed by atoms with Crippen molar-refractivity contribution in [3.05, 3.63) is 35.4 Å². The summed E-state index contributed by atoms with van der Waals surface area (Å²) in [4.78, 5) is 25.0.